The third-order valence-electron chi connectivity index (χ3n) is 10.2. The number of carbonyl (C=O) groups excluding carboxylic acids is 1. The molecule has 34 heavy (non-hydrogen) atoms. The molecule has 6 saturated carbocycles. The summed E-state index contributed by atoms with van der Waals surface area (Å²) in [4.78, 5) is 11.4. The minimum absolute atomic E-state index is 0.125. The van der Waals surface area contributed by atoms with Crippen molar-refractivity contribution in [1.29, 1.82) is 0 Å². The van der Waals surface area contributed by atoms with Crippen molar-refractivity contribution < 1.29 is 9.18 Å². The quantitative estimate of drug-likeness (QED) is 0.512. The number of halogens is 1. The lowest BCUT2D eigenvalue weighted by molar-refractivity contribution is -0.124. The van der Waals surface area contributed by atoms with Crippen molar-refractivity contribution in [3.05, 3.63) is 71.8 Å². The normalized spacial score (nSPS) is 35.9. The number of hydrogen-bond donors (Lipinski definition) is 1. The van der Waals surface area contributed by atoms with Gasteiger partial charge in [-0.1, -0.05) is 60.7 Å². The first-order valence-corrected chi connectivity index (χ1v) is 13.4. The molecule has 0 aliphatic heterocycles. The lowest BCUT2D eigenvalue weighted by Crippen LogP contribution is -2.53. The zero-order valence-electron chi connectivity index (χ0n) is 20.5. The molecule has 2 aromatic carbocycles. The van der Waals surface area contributed by atoms with Crippen LogP contribution in [-0.4, -0.2) is 18.0 Å². The molecule has 0 atom stereocenters. The van der Waals surface area contributed by atoms with E-state index in [9.17, 15) is 9.18 Å². The van der Waals surface area contributed by atoms with Gasteiger partial charge in [0.25, 0.3) is 0 Å². The summed E-state index contributed by atoms with van der Waals surface area (Å²) in [6.45, 7) is -0.786. The average molecular weight is 462 g/mol. The molecule has 3 heteroatoms. The molecule has 0 saturated heterocycles. The topological polar surface area (TPSA) is 43.1 Å². The fourth-order valence-electron chi connectivity index (χ4n) is 7.66. The van der Waals surface area contributed by atoms with Crippen LogP contribution in [0, 0.1) is 5.41 Å². The molecule has 8 rings (SSSR count). The van der Waals surface area contributed by atoms with Crippen LogP contribution in [0.2, 0.25) is 0 Å². The lowest BCUT2D eigenvalue weighted by atomic mass is 9.51. The molecular formula is C31H40FNO. The summed E-state index contributed by atoms with van der Waals surface area (Å²) in [5.41, 5.74) is 10.5. The Morgan fingerprint density at radius 1 is 0.647 bits per heavy atom. The van der Waals surface area contributed by atoms with E-state index in [1.165, 1.54) is 44.1 Å². The van der Waals surface area contributed by atoms with Gasteiger partial charge in [-0.25, -0.2) is 4.39 Å². The number of fused-ring (bicyclic) bond motifs is 6. The van der Waals surface area contributed by atoms with Crippen LogP contribution in [0.3, 0.4) is 0 Å². The maximum Gasteiger partial charge on any atom is 0.164 e. The van der Waals surface area contributed by atoms with Crippen LogP contribution in [0.4, 0.5) is 4.39 Å². The maximum absolute atomic E-state index is 12.5. The maximum atomic E-state index is 12.5. The zero-order valence-corrected chi connectivity index (χ0v) is 20.5. The predicted molar refractivity (Wildman–Crippen MR) is 137 cm³/mol. The Kier molecular flexibility index (Phi) is 6.44. The first-order chi connectivity index (χ1) is 16.4. The van der Waals surface area contributed by atoms with Gasteiger partial charge in [0.2, 0.25) is 0 Å². The average Bonchev–Trinajstić information content (AvgIpc) is 2.92. The number of ketones is 1. The van der Waals surface area contributed by atoms with Gasteiger partial charge in [0, 0.05) is 12.0 Å². The minimum atomic E-state index is -0.786. The lowest BCUT2D eigenvalue weighted by Gasteiger charge is -2.53. The van der Waals surface area contributed by atoms with Crippen molar-refractivity contribution >= 4 is 5.78 Å². The van der Waals surface area contributed by atoms with E-state index in [4.69, 9.17) is 5.73 Å². The molecule has 6 aliphatic rings. The first-order valence-electron chi connectivity index (χ1n) is 13.4. The highest BCUT2D eigenvalue weighted by Gasteiger charge is 2.50. The fraction of sp³-hybridized carbons (Fsp3) is 0.581. The van der Waals surface area contributed by atoms with Gasteiger partial charge in [-0.3, -0.25) is 4.79 Å². The Morgan fingerprint density at radius 2 is 1.03 bits per heavy atom. The van der Waals surface area contributed by atoms with Crippen LogP contribution in [-0.2, 0) is 15.6 Å². The predicted octanol–water partition coefficient (Wildman–Crippen LogP) is 7.20. The number of carbonyl (C=O) groups is 1. The van der Waals surface area contributed by atoms with E-state index in [0.717, 1.165) is 38.5 Å². The number of benzene rings is 2. The van der Waals surface area contributed by atoms with Gasteiger partial charge in [-0.15, -0.1) is 0 Å². The molecular weight excluding hydrogens is 421 g/mol. The van der Waals surface area contributed by atoms with E-state index in [1.807, 2.05) is 0 Å². The Bertz CT molecular complexity index is 936. The highest BCUT2D eigenvalue weighted by molar-refractivity contribution is 5.80. The van der Waals surface area contributed by atoms with Crippen molar-refractivity contribution in [2.75, 3.05) is 6.67 Å². The highest BCUT2D eigenvalue weighted by atomic mass is 19.1. The molecule has 0 amide bonds. The Morgan fingerprint density at radius 3 is 1.41 bits per heavy atom. The van der Waals surface area contributed by atoms with Gasteiger partial charge in [0.1, 0.15) is 6.67 Å². The van der Waals surface area contributed by atoms with E-state index in [2.05, 4.69) is 60.7 Å². The number of hydrogen-bond acceptors (Lipinski definition) is 2. The third kappa shape index (κ3) is 4.49. The van der Waals surface area contributed by atoms with Crippen molar-refractivity contribution in [1.82, 2.24) is 0 Å². The number of nitrogens with two attached hydrogens (primary N) is 1. The van der Waals surface area contributed by atoms with Crippen LogP contribution < -0.4 is 5.73 Å². The number of alkyl halides is 1. The van der Waals surface area contributed by atoms with Gasteiger partial charge >= 0.3 is 0 Å². The second-order valence-electron chi connectivity index (χ2n) is 12.0. The van der Waals surface area contributed by atoms with Crippen molar-refractivity contribution in [2.45, 2.75) is 99.8 Å². The van der Waals surface area contributed by atoms with Crippen LogP contribution in [0.25, 0.3) is 0 Å². The summed E-state index contributed by atoms with van der Waals surface area (Å²) >= 11 is 0. The van der Waals surface area contributed by atoms with E-state index in [1.54, 1.807) is 5.56 Å². The van der Waals surface area contributed by atoms with Crippen LogP contribution in [0.1, 0.15) is 94.6 Å². The van der Waals surface area contributed by atoms with Crippen LogP contribution in [0.5, 0.6) is 0 Å². The summed E-state index contributed by atoms with van der Waals surface area (Å²) in [5, 5.41) is 0. The Hall–Kier alpha value is -2.00. The fourth-order valence-corrected chi connectivity index (χ4v) is 7.66. The van der Waals surface area contributed by atoms with Crippen molar-refractivity contribution in [3.8, 4) is 0 Å². The smallest absolute Gasteiger partial charge is 0.164 e. The van der Waals surface area contributed by atoms with Crippen molar-refractivity contribution in [3.63, 3.8) is 0 Å². The van der Waals surface area contributed by atoms with E-state index in [0.29, 0.717) is 17.3 Å². The van der Waals surface area contributed by atoms with E-state index in [-0.39, 0.29) is 16.7 Å². The Labute approximate surface area is 204 Å². The standard InChI is InChI=1S/C17H21FO.C14H19N/c18-13-15(19)12-16-6-9-17(10-7-16,11-8-16)14-4-2-1-3-5-14;15-14-9-6-13(7-10-14,8-11-14)12-4-2-1-3-5-12/h1-5H,6-13H2;1-5H,6-11,15H2. The molecule has 0 radical (unpaired) electrons. The summed E-state index contributed by atoms with van der Waals surface area (Å²) in [6.07, 6.45) is 14.8. The van der Waals surface area contributed by atoms with Gasteiger partial charge in [-0.2, -0.15) is 0 Å². The summed E-state index contributed by atoms with van der Waals surface area (Å²) < 4.78 is 12.5. The molecule has 6 fully saturated rings. The molecule has 2 aromatic rings. The number of Topliss-reactive ketones (excluding diaryl/α,β-unsaturated/α-hetero) is 1. The summed E-state index contributed by atoms with van der Waals surface area (Å²) in [6, 6.07) is 21.8. The molecule has 0 heterocycles. The number of rotatable bonds is 5. The largest absolute Gasteiger partial charge is 0.325 e. The summed E-state index contributed by atoms with van der Waals surface area (Å²) in [5.74, 6) is -0.200. The van der Waals surface area contributed by atoms with Crippen LogP contribution in [0.15, 0.2) is 60.7 Å². The van der Waals surface area contributed by atoms with Gasteiger partial charge in [-0.05, 0) is 104 Å². The summed E-state index contributed by atoms with van der Waals surface area (Å²) in [7, 11) is 0. The molecule has 0 unspecified atom stereocenters. The second kappa shape index (κ2) is 9.22. The molecule has 0 spiro atoms. The van der Waals surface area contributed by atoms with E-state index >= 15 is 0 Å². The first kappa shape index (κ1) is 23.7. The Balaban J connectivity index is 0.000000145. The van der Waals surface area contributed by atoms with Gasteiger partial charge in [0.05, 0.1) is 0 Å². The zero-order chi connectivity index (χ0) is 23.7. The van der Waals surface area contributed by atoms with Gasteiger partial charge in [0.15, 0.2) is 5.78 Å². The second-order valence-corrected chi connectivity index (χ2v) is 12.0. The van der Waals surface area contributed by atoms with Gasteiger partial charge < -0.3 is 5.73 Å². The molecule has 4 bridgehead atoms. The molecule has 2 N–H and O–H groups in total. The highest BCUT2D eigenvalue weighted by Crippen LogP contribution is 2.59. The van der Waals surface area contributed by atoms with Crippen molar-refractivity contribution in [2.24, 2.45) is 11.1 Å². The molecule has 6 aliphatic carbocycles. The van der Waals surface area contributed by atoms with E-state index < -0.39 is 6.67 Å². The third-order valence-corrected chi connectivity index (χ3v) is 10.2. The SMILES string of the molecule is NC12CCC(c3ccccc3)(CC1)CC2.O=C(CF)CC12CCC(c3ccccc3)(CC1)CC2. The van der Waals surface area contributed by atoms with Crippen LogP contribution >= 0.6 is 0 Å². The molecule has 2 nitrogen and oxygen atoms in total. The monoisotopic (exact) mass is 461 g/mol. The molecule has 182 valence electrons. The minimum Gasteiger partial charge on any atom is -0.325 e. The molecule has 0 aromatic heterocycles.